The Morgan fingerprint density at radius 2 is 1.96 bits per heavy atom. The lowest BCUT2D eigenvalue weighted by molar-refractivity contribution is -0.137. The molecule has 0 saturated heterocycles. The number of hydrogen-bond donors (Lipinski definition) is 2. The lowest BCUT2D eigenvalue weighted by Gasteiger charge is -2.10. The van der Waals surface area contributed by atoms with Crippen molar-refractivity contribution >= 4 is 18.3 Å². The molecule has 0 bridgehead atoms. The lowest BCUT2D eigenvalue weighted by Crippen LogP contribution is -2.35. The van der Waals surface area contributed by atoms with Gasteiger partial charge in [0.05, 0.1) is 12.2 Å². The minimum atomic E-state index is -4.44. The van der Waals surface area contributed by atoms with Gasteiger partial charge in [-0.1, -0.05) is 6.07 Å². The third-order valence-electron chi connectivity index (χ3n) is 2.64. The van der Waals surface area contributed by atoms with Crippen molar-refractivity contribution in [2.24, 2.45) is 0 Å². The predicted molar refractivity (Wildman–Crippen MR) is 81.9 cm³/mol. The fourth-order valence-electron chi connectivity index (χ4n) is 1.55. The van der Waals surface area contributed by atoms with Crippen molar-refractivity contribution in [1.29, 1.82) is 0 Å². The van der Waals surface area contributed by atoms with E-state index in [0.717, 1.165) is 12.1 Å². The van der Waals surface area contributed by atoms with Crippen LogP contribution in [0.5, 0.6) is 5.75 Å². The number of halogens is 4. The number of hydrogen-bond acceptors (Lipinski definition) is 4. The molecular weight excluding hydrogens is 337 g/mol. The summed E-state index contributed by atoms with van der Waals surface area (Å²) in [5, 5.41) is 5.62. The first-order chi connectivity index (χ1) is 10.4. The van der Waals surface area contributed by atoms with Gasteiger partial charge in [0.15, 0.2) is 6.61 Å². The second kappa shape index (κ2) is 11.1. The third-order valence-corrected chi connectivity index (χ3v) is 2.64. The van der Waals surface area contributed by atoms with E-state index in [0.29, 0.717) is 26.2 Å². The monoisotopic (exact) mass is 356 g/mol. The fourth-order valence-corrected chi connectivity index (χ4v) is 1.55. The van der Waals surface area contributed by atoms with Crippen molar-refractivity contribution < 1.29 is 27.4 Å². The van der Waals surface area contributed by atoms with Gasteiger partial charge >= 0.3 is 6.18 Å². The van der Waals surface area contributed by atoms with Gasteiger partial charge in [0.1, 0.15) is 5.75 Å². The van der Waals surface area contributed by atoms with Gasteiger partial charge < -0.3 is 20.1 Å². The normalized spacial score (nSPS) is 10.8. The Bertz CT molecular complexity index is 473. The summed E-state index contributed by atoms with van der Waals surface area (Å²) in [7, 11) is 1.59. The molecule has 9 heteroatoms. The number of rotatable bonds is 9. The van der Waals surface area contributed by atoms with Crippen LogP contribution in [0.2, 0.25) is 0 Å². The average molecular weight is 357 g/mol. The molecule has 23 heavy (non-hydrogen) atoms. The molecule has 1 aromatic carbocycles. The minimum Gasteiger partial charge on any atom is -0.484 e. The lowest BCUT2D eigenvalue weighted by atomic mass is 10.2. The molecule has 0 aromatic heterocycles. The SMILES string of the molecule is COCCNCCNC(=O)COc1cccc(C(F)(F)F)c1.Cl. The number of methoxy groups -OCH3 is 1. The quantitative estimate of drug-likeness (QED) is 0.663. The molecule has 0 aliphatic carbocycles. The summed E-state index contributed by atoms with van der Waals surface area (Å²) in [6.07, 6.45) is -4.44. The zero-order valence-corrected chi connectivity index (χ0v) is 13.4. The summed E-state index contributed by atoms with van der Waals surface area (Å²) in [5.74, 6) is -0.394. The highest BCUT2D eigenvalue weighted by Gasteiger charge is 2.30. The summed E-state index contributed by atoms with van der Waals surface area (Å²) in [6, 6.07) is 4.41. The molecule has 2 N–H and O–H groups in total. The van der Waals surface area contributed by atoms with Crippen LogP contribution in [-0.2, 0) is 15.7 Å². The molecule has 0 saturated carbocycles. The summed E-state index contributed by atoms with van der Waals surface area (Å²) in [4.78, 5) is 11.5. The summed E-state index contributed by atoms with van der Waals surface area (Å²) in [6.45, 7) is 1.88. The highest BCUT2D eigenvalue weighted by molar-refractivity contribution is 5.85. The molecule has 1 aromatic rings. The molecule has 132 valence electrons. The number of carbonyl (C=O) groups is 1. The van der Waals surface area contributed by atoms with Crippen LogP contribution >= 0.6 is 12.4 Å². The van der Waals surface area contributed by atoms with E-state index in [2.05, 4.69) is 10.6 Å². The van der Waals surface area contributed by atoms with Gasteiger partial charge in [-0.15, -0.1) is 12.4 Å². The van der Waals surface area contributed by atoms with Crippen LogP contribution in [0.15, 0.2) is 24.3 Å². The van der Waals surface area contributed by atoms with Gasteiger partial charge in [0.25, 0.3) is 5.91 Å². The minimum absolute atomic E-state index is 0. The van der Waals surface area contributed by atoms with Crippen LogP contribution in [0.3, 0.4) is 0 Å². The predicted octanol–water partition coefficient (Wildman–Crippen LogP) is 1.86. The van der Waals surface area contributed by atoms with Crippen molar-refractivity contribution in [2.45, 2.75) is 6.18 Å². The van der Waals surface area contributed by atoms with E-state index < -0.39 is 17.6 Å². The van der Waals surface area contributed by atoms with E-state index >= 15 is 0 Å². The van der Waals surface area contributed by atoms with Crippen molar-refractivity contribution in [3.05, 3.63) is 29.8 Å². The van der Waals surface area contributed by atoms with E-state index in [1.165, 1.54) is 12.1 Å². The first-order valence-corrected chi connectivity index (χ1v) is 6.70. The standard InChI is InChI=1S/C14H19F3N2O3.ClH/c1-21-8-7-18-5-6-19-13(20)10-22-12-4-2-3-11(9-12)14(15,16)17;/h2-4,9,18H,5-8,10H2,1H3,(H,19,20);1H. The maximum atomic E-state index is 12.5. The van der Waals surface area contributed by atoms with E-state index in [4.69, 9.17) is 9.47 Å². The zero-order chi connectivity index (χ0) is 16.4. The molecule has 0 heterocycles. The van der Waals surface area contributed by atoms with Gasteiger partial charge in [-0.25, -0.2) is 0 Å². The molecule has 1 rings (SSSR count). The summed E-state index contributed by atoms with van der Waals surface area (Å²) in [5.41, 5.74) is -0.812. The molecule has 5 nitrogen and oxygen atoms in total. The van der Waals surface area contributed by atoms with Crippen LogP contribution in [0.1, 0.15) is 5.56 Å². The summed E-state index contributed by atoms with van der Waals surface area (Å²) < 4.78 is 47.4. The van der Waals surface area contributed by atoms with E-state index in [1.54, 1.807) is 7.11 Å². The Hall–Kier alpha value is -1.51. The number of benzene rings is 1. The smallest absolute Gasteiger partial charge is 0.416 e. The van der Waals surface area contributed by atoms with Crippen LogP contribution in [0.25, 0.3) is 0 Å². The van der Waals surface area contributed by atoms with E-state index in [9.17, 15) is 18.0 Å². The van der Waals surface area contributed by atoms with Gasteiger partial charge in [-0.3, -0.25) is 4.79 Å². The molecule has 0 aliphatic rings. The van der Waals surface area contributed by atoms with Crippen LogP contribution in [0.4, 0.5) is 13.2 Å². The molecular formula is C14H20ClF3N2O3. The van der Waals surface area contributed by atoms with Crippen molar-refractivity contribution in [3.8, 4) is 5.75 Å². The van der Waals surface area contributed by atoms with E-state index in [-0.39, 0.29) is 24.8 Å². The van der Waals surface area contributed by atoms with Crippen molar-refractivity contribution in [2.75, 3.05) is 40.0 Å². The van der Waals surface area contributed by atoms with Crippen LogP contribution < -0.4 is 15.4 Å². The zero-order valence-electron chi connectivity index (χ0n) is 12.6. The topological polar surface area (TPSA) is 59.6 Å². The summed E-state index contributed by atoms with van der Waals surface area (Å²) >= 11 is 0. The van der Waals surface area contributed by atoms with Crippen LogP contribution in [0, 0.1) is 0 Å². The number of alkyl halides is 3. The number of amides is 1. The number of nitrogens with one attached hydrogen (secondary N) is 2. The van der Waals surface area contributed by atoms with Gasteiger partial charge in [0, 0.05) is 26.7 Å². The van der Waals surface area contributed by atoms with Crippen molar-refractivity contribution in [1.82, 2.24) is 10.6 Å². The second-order valence-electron chi connectivity index (χ2n) is 4.41. The highest BCUT2D eigenvalue weighted by atomic mass is 35.5. The van der Waals surface area contributed by atoms with Gasteiger partial charge in [-0.05, 0) is 18.2 Å². The Balaban J connectivity index is 0.00000484. The number of carbonyl (C=O) groups excluding carboxylic acids is 1. The molecule has 0 unspecified atom stereocenters. The Morgan fingerprint density at radius 1 is 1.22 bits per heavy atom. The fraction of sp³-hybridized carbons (Fsp3) is 0.500. The molecule has 0 fully saturated rings. The first-order valence-electron chi connectivity index (χ1n) is 6.70. The largest absolute Gasteiger partial charge is 0.484 e. The van der Waals surface area contributed by atoms with Crippen LogP contribution in [-0.4, -0.2) is 45.9 Å². The molecule has 0 radical (unpaired) electrons. The molecule has 0 aliphatic heterocycles. The van der Waals surface area contributed by atoms with E-state index in [1.807, 2.05) is 0 Å². The number of ether oxygens (including phenoxy) is 2. The Morgan fingerprint density at radius 3 is 2.61 bits per heavy atom. The molecule has 0 spiro atoms. The van der Waals surface area contributed by atoms with Gasteiger partial charge in [0.2, 0.25) is 0 Å². The Labute approximate surface area is 138 Å². The van der Waals surface area contributed by atoms with Crippen molar-refractivity contribution in [3.63, 3.8) is 0 Å². The molecule has 0 atom stereocenters. The average Bonchev–Trinajstić information content (AvgIpc) is 2.48. The Kier molecular flexibility index (Phi) is 10.4. The molecule has 1 amide bonds. The highest BCUT2D eigenvalue weighted by Crippen LogP contribution is 2.31. The maximum Gasteiger partial charge on any atom is 0.416 e. The first kappa shape index (κ1) is 21.5. The maximum absolute atomic E-state index is 12.5. The third kappa shape index (κ3) is 9.27. The second-order valence-corrected chi connectivity index (χ2v) is 4.41. The van der Waals surface area contributed by atoms with Gasteiger partial charge in [-0.2, -0.15) is 13.2 Å².